The average Bonchev–Trinajstić information content (AvgIpc) is 3.01. The van der Waals surface area contributed by atoms with Gasteiger partial charge in [-0.2, -0.15) is 75.5 Å². The van der Waals surface area contributed by atoms with Gasteiger partial charge >= 0.3 is 59.3 Å². The number of halogens is 16. The molecule has 6 nitrogen and oxygen atoms in total. The molecule has 22 heteroatoms. The summed E-state index contributed by atoms with van der Waals surface area (Å²) in [6.07, 6.45) is 0. The number of hydrogen-bond donors (Lipinski definition) is 0. The van der Waals surface area contributed by atoms with E-state index < -0.39 is 83.7 Å². The van der Waals surface area contributed by atoms with E-state index in [4.69, 9.17) is 11.8 Å². The van der Waals surface area contributed by atoms with Crippen LogP contribution in [0.25, 0.3) is 4.85 Å². The third kappa shape index (κ3) is 6.39. The summed E-state index contributed by atoms with van der Waals surface area (Å²) in [5.41, 5.74) is -2.09. The molecule has 0 unspecified atom stereocenters. The monoisotopic (exact) mass is 720 g/mol. The lowest BCUT2D eigenvalue weighted by Gasteiger charge is -2.43. The molecule has 2 aromatic carbocycles. The number of benzene rings is 2. The minimum absolute atomic E-state index is 0.184. The second kappa shape index (κ2) is 12.7. The van der Waals surface area contributed by atoms with Gasteiger partial charge in [0.15, 0.2) is 18.9 Å². The molecule has 0 aromatic heterocycles. The predicted octanol–water partition coefficient (Wildman–Crippen LogP) is 8.21. The van der Waals surface area contributed by atoms with Gasteiger partial charge in [0, 0.05) is 0 Å². The Bertz CT molecular complexity index is 1480. The Balaban J connectivity index is 2.37. The van der Waals surface area contributed by atoms with Crippen LogP contribution in [-0.2, 0) is 9.47 Å². The molecule has 0 heterocycles. The zero-order valence-electron chi connectivity index (χ0n) is 22.6. The number of nitrogens with zero attached hydrogens (tertiary/aromatic N) is 2. The van der Waals surface area contributed by atoms with E-state index in [-0.39, 0.29) is 11.3 Å². The van der Waals surface area contributed by atoms with Crippen LogP contribution in [0, 0.1) is 17.9 Å². The quantitative estimate of drug-likeness (QED) is 0.119. The second-order valence-electron chi connectivity index (χ2n) is 9.36. The van der Waals surface area contributed by atoms with Gasteiger partial charge in [0.1, 0.15) is 0 Å². The first kappa shape index (κ1) is 39.4. The first-order chi connectivity index (χ1) is 21.6. The Labute approximate surface area is 256 Å². The van der Waals surface area contributed by atoms with Gasteiger partial charge in [-0.15, -0.1) is 0 Å². The zero-order chi connectivity index (χ0) is 37.4. The lowest BCUT2D eigenvalue weighted by molar-refractivity contribution is -0.454. The largest absolute Gasteiger partial charge is 0.455 e. The van der Waals surface area contributed by atoms with E-state index in [1.807, 2.05) is 0 Å². The molecule has 2 rings (SSSR count). The summed E-state index contributed by atoms with van der Waals surface area (Å²) in [5, 5.41) is 8.61. The first-order valence-corrected chi connectivity index (χ1v) is 11.9. The van der Waals surface area contributed by atoms with Crippen molar-refractivity contribution in [3.05, 3.63) is 76.6 Å². The smallest absolute Gasteiger partial charge is 0.385 e. The lowest BCUT2D eigenvalue weighted by atomic mass is 9.88. The fourth-order valence-corrected chi connectivity index (χ4v) is 3.26. The second-order valence-corrected chi connectivity index (χ2v) is 9.36. The van der Waals surface area contributed by atoms with Gasteiger partial charge in [0.25, 0.3) is 0 Å². The van der Waals surface area contributed by atoms with E-state index in [1.54, 1.807) is 0 Å². The van der Waals surface area contributed by atoms with E-state index in [1.165, 1.54) is 6.07 Å². The van der Waals surface area contributed by atoms with Gasteiger partial charge in [0.2, 0.25) is 0 Å². The third-order valence-electron chi connectivity index (χ3n) is 6.14. The van der Waals surface area contributed by atoms with Crippen molar-refractivity contribution in [1.29, 1.82) is 5.26 Å². The maximum Gasteiger partial charge on any atom is 0.385 e. The standard InChI is InChI=1S/C26H12F16N2O4/c1-44-16-8-6-15(7-9-16)18(46)48-12-20(29,30)22(33,34)24(37,38)26(41,42)25(39,40)23(35,36)21(31,32)19(27,28)11-47-17(45)14-4-2-13(10-43)3-5-14/h2-9H,11-12H2. The highest BCUT2D eigenvalue weighted by Gasteiger charge is 2.94. The molecular weight excluding hydrogens is 708 g/mol. The Morgan fingerprint density at radius 3 is 1.15 bits per heavy atom. The number of hydrogen-bond acceptors (Lipinski definition) is 5. The molecule has 0 atom stereocenters. The molecule has 0 saturated carbocycles. The highest BCUT2D eigenvalue weighted by atomic mass is 19.4. The van der Waals surface area contributed by atoms with Crippen LogP contribution in [0.15, 0.2) is 48.5 Å². The summed E-state index contributed by atoms with van der Waals surface area (Å²) in [4.78, 5) is 26.3. The Morgan fingerprint density at radius 1 is 0.562 bits per heavy atom. The van der Waals surface area contributed by atoms with Crippen molar-refractivity contribution in [3.8, 4) is 6.07 Å². The molecule has 0 N–H and O–H groups in total. The number of rotatable bonds is 13. The number of carbonyl (C=O) groups excluding carboxylic acids is 2. The molecule has 0 radical (unpaired) electrons. The molecule has 2 aromatic rings. The minimum atomic E-state index is -8.71. The third-order valence-corrected chi connectivity index (χ3v) is 6.14. The Hall–Kier alpha value is -4.76. The van der Waals surface area contributed by atoms with Crippen LogP contribution < -0.4 is 0 Å². The summed E-state index contributed by atoms with van der Waals surface area (Å²) in [6, 6.07) is 7.23. The number of esters is 2. The normalized spacial score (nSPS) is 13.7. The maximum absolute atomic E-state index is 14.1. The van der Waals surface area contributed by atoms with Crippen LogP contribution in [0.2, 0.25) is 0 Å². The van der Waals surface area contributed by atoms with Gasteiger partial charge in [-0.3, -0.25) is 0 Å². The van der Waals surface area contributed by atoms with E-state index in [0.717, 1.165) is 24.3 Å². The van der Waals surface area contributed by atoms with Crippen molar-refractivity contribution in [3.63, 3.8) is 0 Å². The van der Waals surface area contributed by atoms with Crippen molar-refractivity contribution in [2.75, 3.05) is 13.2 Å². The molecule has 0 aliphatic heterocycles. The number of ether oxygens (including phenoxy) is 2. The topological polar surface area (TPSA) is 80.8 Å². The zero-order valence-corrected chi connectivity index (χ0v) is 22.6. The van der Waals surface area contributed by atoms with Crippen molar-refractivity contribution in [2.45, 2.75) is 47.4 Å². The van der Waals surface area contributed by atoms with Crippen molar-refractivity contribution >= 4 is 17.6 Å². The summed E-state index contributed by atoms with van der Waals surface area (Å²) in [7, 11) is 0. The van der Waals surface area contributed by atoms with Crippen molar-refractivity contribution in [2.24, 2.45) is 0 Å². The van der Waals surface area contributed by atoms with Crippen molar-refractivity contribution in [1.82, 2.24) is 0 Å². The van der Waals surface area contributed by atoms with Gasteiger partial charge in [-0.25, -0.2) is 14.4 Å². The van der Waals surface area contributed by atoms with Gasteiger partial charge in [-0.1, -0.05) is 24.3 Å². The predicted molar refractivity (Wildman–Crippen MR) is 124 cm³/mol. The van der Waals surface area contributed by atoms with Crippen molar-refractivity contribution < 1.29 is 89.3 Å². The highest BCUT2D eigenvalue weighted by Crippen LogP contribution is 2.63. The van der Waals surface area contributed by atoms with Crippen LogP contribution in [-0.4, -0.2) is 72.5 Å². The molecular formula is C26H12F16N2O4. The number of alkyl halides is 16. The summed E-state index contributed by atoms with van der Waals surface area (Å²) < 4.78 is 233. The van der Waals surface area contributed by atoms with E-state index in [0.29, 0.717) is 24.3 Å². The van der Waals surface area contributed by atoms with E-state index >= 15 is 0 Å². The van der Waals surface area contributed by atoms with Crippen LogP contribution in [0.1, 0.15) is 26.3 Å². The minimum Gasteiger partial charge on any atom is -0.455 e. The number of nitriles is 1. The fraction of sp³-hybridized carbons (Fsp3) is 0.385. The molecule has 262 valence electrons. The first-order valence-electron chi connectivity index (χ1n) is 11.9. The maximum atomic E-state index is 14.1. The molecule has 0 fully saturated rings. The molecule has 0 aliphatic carbocycles. The van der Waals surface area contributed by atoms with Gasteiger partial charge < -0.3 is 9.47 Å². The molecule has 0 bridgehead atoms. The SMILES string of the molecule is [C-]#[N+]c1ccc(C(=O)OCC(F)(F)C(F)(F)C(F)(F)C(F)(F)C(F)(F)C(F)(F)C(F)(F)C(F)(F)COC(=O)c2ccc(C#N)cc2)cc1. The number of carbonyl (C=O) groups is 2. The molecule has 0 amide bonds. The molecule has 0 saturated heterocycles. The van der Waals surface area contributed by atoms with Gasteiger partial charge in [0.05, 0.1) is 29.3 Å². The fourth-order valence-electron chi connectivity index (χ4n) is 3.26. The van der Waals surface area contributed by atoms with Crippen LogP contribution in [0.4, 0.5) is 75.9 Å². The van der Waals surface area contributed by atoms with E-state index in [9.17, 15) is 79.8 Å². The average molecular weight is 720 g/mol. The Kier molecular flexibility index (Phi) is 10.4. The van der Waals surface area contributed by atoms with Crippen LogP contribution in [0.3, 0.4) is 0 Å². The lowest BCUT2D eigenvalue weighted by Crippen LogP contribution is -2.75. The summed E-state index contributed by atoms with van der Waals surface area (Å²) >= 11 is 0. The molecule has 0 aliphatic rings. The summed E-state index contributed by atoms with van der Waals surface area (Å²) in [5.74, 6) is -68.3. The van der Waals surface area contributed by atoms with E-state index in [2.05, 4.69) is 14.3 Å². The molecule has 0 spiro atoms. The van der Waals surface area contributed by atoms with Crippen LogP contribution in [0.5, 0.6) is 0 Å². The molecule has 48 heavy (non-hydrogen) atoms. The van der Waals surface area contributed by atoms with Crippen LogP contribution >= 0.6 is 0 Å². The summed E-state index contributed by atoms with van der Waals surface area (Å²) in [6.45, 7) is -0.0327. The van der Waals surface area contributed by atoms with Gasteiger partial charge in [-0.05, 0) is 24.3 Å². The Morgan fingerprint density at radius 2 is 0.854 bits per heavy atom. The highest BCUT2D eigenvalue weighted by molar-refractivity contribution is 5.90.